The predicted molar refractivity (Wildman–Crippen MR) is 55.9 cm³/mol. The fourth-order valence-electron chi connectivity index (χ4n) is 0.328. The molecule has 0 radical (unpaired) electrons. The summed E-state index contributed by atoms with van der Waals surface area (Å²) in [4.78, 5) is 10.3. The van der Waals surface area contributed by atoms with Gasteiger partial charge < -0.3 is 5.11 Å². The average Bonchev–Trinajstić information content (AvgIpc) is 1.90. The van der Waals surface area contributed by atoms with Crippen molar-refractivity contribution in [2.45, 2.75) is 0 Å². The van der Waals surface area contributed by atoms with Gasteiger partial charge in [-0.15, -0.1) is 0 Å². The molecule has 0 aromatic carbocycles. The second-order valence-corrected chi connectivity index (χ2v) is 7.63. The van der Waals surface area contributed by atoms with Crippen LogP contribution in [-0.2, 0) is 4.79 Å². The van der Waals surface area contributed by atoms with Crippen LogP contribution in [0.5, 0.6) is 0 Å². The molecule has 1 N–H and O–H groups in total. The molecule has 0 aliphatic carbocycles. The van der Waals surface area contributed by atoms with Crippen LogP contribution in [0.3, 0.4) is 0 Å². The molecule has 0 saturated carbocycles. The van der Waals surface area contributed by atoms with Crippen molar-refractivity contribution in [1.82, 2.24) is 0 Å². The minimum absolute atomic E-state index is 0.00927. The van der Waals surface area contributed by atoms with Crippen molar-refractivity contribution in [1.29, 1.82) is 0 Å². The number of hydrogen-bond donors (Lipinski definition) is 1. The van der Waals surface area contributed by atoms with E-state index in [1.807, 2.05) is 8.09 Å². The van der Waals surface area contributed by atoms with E-state index in [0.717, 1.165) is 0 Å². The quantitative estimate of drug-likeness (QED) is 0.728. The summed E-state index contributed by atoms with van der Waals surface area (Å²) in [6, 6.07) is 0. The zero-order valence-electron chi connectivity index (χ0n) is 4.34. The fourth-order valence-corrected chi connectivity index (χ4v) is 5.99. The standard InChI is InChI=1S/C5H4I2O2/c8-5(9)4-1-6-3-7-2-4/h1-3H,(H,8,9). The molecule has 0 fully saturated rings. The molecule has 1 aliphatic heterocycles. The van der Waals surface area contributed by atoms with E-state index in [0.29, 0.717) is 5.57 Å². The van der Waals surface area contributed by atoms with Gasteiger partial charge in [0.1, 0.15) is 0 Å². The molecule has 0 spiro atoms. The number of aliphatic carboxylic acids is 1. The Labute approximate surface area is 72.5 Å². The van der Waals surface area contributed by atoms with Crippen LogP contribution in [0.4, 0.5) is 0 Å². The van der Waals surface area contributed by atoms with Crippen LogP contribution in [0.2, 0.25) is 0 Å². The number of halogens is 2. The summed E-state index contributed by atoms with van der Waals surface area (Å²) in [7, 11) is 0. The molecule has 0 atom stereocenters. The molecule has 0 aromatic heterocycles. The van der Waals surface area contributed by atoms with Gasteiger partial charge in [-0.1, -0.05) is 41.5 Å². The van der Waals surface area contributed by atoms with Gasteiger partial charge in [0.05, 0.1) is 5.57 Å². The van der Waals surface area contributed by atoms with Gasteiger partial charge in [0, 0.05) is 2.02 Å². The van der Waals surface area contributed by atoms with Gasteiger partial charge in [0.15, 0.2) is 0 Å². The Kier molecular flexibility index (Phi) is 2.96. The van der Waals surface area contributed by atoms with Gasteiger partial charge in [0.2, 0.25) is 0 Å². The molecule has 50 valence electrons. The molecule has 4 heteroatoms. The summed E-state index contributed by atoms with van der Waals surface area (Å²) >= 11 is -0.0185. The number of hydrogen-bond acceptors (Lipinski definition) is 1. The molecule has 1 rings (SSSR count). The van der Waals surface area contributed by atoms with E-state index in [1.54, 1.807) is 0 Å². The van der Waals surface area contributed by atoms with Gasteiger partial charge >= 0.3 is 5.97 Å². The van der Waals surface area contributed by atoms with Crippen LogP contribution in [0.1, 0.15) is 0 Å². The Balaban J connectivity index is 2.84. The van der Waals surface area contributed by atoms with E-state index in [2.05, 4.69) is 2.02 Å². The molecule has 1 heterocycles. The maximum absolute atomic E-state index is 10.3. The first kappa shape index (κ1) is 7.52. The highest BCUT2D eigenvalue weighted by molar-refractivity contribution is 14.3. The highest BCUT2D eigenvalue weighted by Crippen LogP contribution is 2.14. The average molecular weight is 350 g/mol. The Morgan fingerprint density at radius 3 is 2.67 bits per heavy atom. The summed E-state index contributed by atoms with van der Waals surface area (Å²) in [5, 5.41) is 8.46. The number of rotatable bonds is 1. The summed E-state index contributed by atoms with van der Waals surface area (Å²) in [5.74, 6) is -0.762. The maximum Gasteiger partial charge on any atom is 0.336 e. The van der Waals surface area contributed by atoms with Crippen LogP contribution < -0.4 is 0 Å². The third-order valence-corrected chi connectivity index (χ3v) is 6.95. The van der Waals surface area contributed by atoms with E-state index in [1.165, 1.54) is 0 Å². The molecule has 0 aromatic rings. The van der Waals surface area contributed by atoms with Crippen LogP contribution in [0.25, 0.3) is 0 Å². The minimum Gasteiger partial charge on any atom is -0.478 e. The first-order chi connectivity index (χ1) is 4.30. The zero-order valence-corrected chi connectivity index (χ0v) is 8.66. The van der Waals surface area contributed by atoms with Crippen molar-refractivity contribution < 1.29 is 9.90 Å². The SMILES string of the molecule is O=C(O)C1=CI=CI=C1. The Morgan fingerprint density at radius 1 is 1.56 bits per heavy atom. The van der Waals surface area contributed by atoms with Gasteiger partial charge in [-0.3, -0.25) is 0 Å². The molecule has 2 nitrogen and oxygen atoms in total. The van der Waals surface area contributed by atoms with E-state index in [9.17, 15) is 4.79 Å². The lowest BCUT2D eigenvalue weighted by molar-refractivity contribution is -0.131. The smallest absolute Gasteiger partial charge is 0.336 e. The van der Waals surface area contributed by atoms with Crippen LogP contribution >= 0.6 is 41.5 Å². The number of carboxylic acids is 1. The summed E-state index contributed by atoms with van der Waals surface area (Å²) in [5.41, 5.74) is 0.540. The van der Waals surface area contributed by atoms with Gasteiger partial charge in [-0.05, 0) is 8.09 Å². The molecular weight excluding hydrogens is 346 g/mol. The first-order valence-electron chi connectivity index (χ1n) is 2.13. The third kappa shape index (κ3) is 2.24. The van der Waals surface area contributed by atoms with E-state index >= 15 is 0 Å². The van der Waals surface area contributed by atoms with E-state index < -0.39 is 5.97 Å². The molecule has 1 aliphatic rings. The fraction of sp³-hybridized carbons (Fsp3) is 0. The highest BCUT2D eigenvalue weighted by atomic mass is 127. The lowest BCUT2D eigenvalue weighted by atomic mass is 10.4. The number of carboxylic acid groups (broad SMARTS) is 1. The highest BCUT2D eigenvalue weighted by Gasteiger charge is 2.01. The van der Waals surface area contributed by atoms with Crippen LogP contribution in [0.15, 0.2) is 9.66 Å². The van der Waals surface area contributed by atoms with Crippen LogP contribution in [-0.4, -0.2) is 17.1 Å². The van der Waals surface area contributed by atoms with Crippen LogP contribution in [0, 0.1) is 0 Å². The Morgan fingerprint density at radius 2 is 2.33 bits per heavy atom. The van der Waals surface area contributed by atoms with E-state index in [4.69, 9.17) is 5.11 Å². The molecule has 0 amide bonds. The topological polar surface area (TPSA) is 37.3 Å². The molecule has 0 bridgehead atoms. The van der Waals surface area contributed by atoms with Gasteiger partial charge in [-0.25, -0.2) is 4.79 Å². The summed E-state index contributed by atoms with van der Waals surface area (Å²) in [6.45, 7) is 0. The van der Waals surface area contributed by atoms with Crippen molar-refractivity contribution in [3.8, 4) is 0 Å². The largest absolute Gasteiger partial charge is 0.478 e. The minimum atomic E-state index is -0.762. The number of carbonyl (C=O) groups is 1. The molecule has 0 saturated heterocycles. The second-order valence-electron chi connectivity index (χ2n) is 1.31. The second kappa shape index (κ2) is 3.55. The normalized spacial score (nSPS) is 17.1. The van der Waals surface area contributed by atoms with E-state index in [-0.39, 0.29) is 41.5 Å². The van der Waals surface area contributed by atoms with Crippen molar-refractivity contribution in [3.63, 3.8) is 0 Å². The van der Waals surface area contributed by atoms with Gasteiger partial charge in [-0.2, -0.15) is 0 Å². The molecular formula is C5H4I2O2. The van der Waals surface area contributed by atoms with Crippen molar-refractivity contribution in [2.75, 3.05) is 0 Å². The van der Waals surface area contributed by atoms with Crippen molar-refractivity contribution in [2.24, 2.45) is 0 Å². The first-order valence-corrected chi connectivity index (χ1v) is 7.11. The van der Waals surface area contributed by atoms with Crippen molar-refractivity contribution in [3.05, 3.63) is 9.66 Å². The zero-order chi connectivity index (χ0) is 6.69. The van der Waals surface area contributed by atoms with Gasteiger partial charge in [0.25, 0.3) is 0 Å². The maximum atomic E-state index is 10.3. The predicted octanol–water partition coefficient (Wildman–Crippen LogP) is 1.47. The summed E-state index contributed by atoms with van der Waals surface area (Å²) in [6.07, 6.45) is 0. The van der Waals surface area contributed by atoms with Crippen molar-refractivity contribution >= 4 is 53.5 Å². The molecule has 0 unspecified atom stereocenters. The monoisotopic (exact) mass is 350 g/mol. The Hall–Kier alpha value is 0.410. The lowest BCUT2D eigenvalue weighted by Gasteiger charge is -1.92. The Bertz CT molecular complexity index is 215. The summed E-state index contributed by atoms with van der Waals surface area (Å²) < 4.78 is 5.96. The lowest BCUT2D eigenvalue weighted by Crippen LogP contribution is -1.99. The molecule has 9 heavy (non-hydrogen) atoms. The third-order valence-electron chi connectivity index (χ3n) is 0.703.